The molecule has 0 atom stereocenters. The maximum absolute atomic E-state index is 8.72. The first-order valence-electron chi connectivity index (χ1n) is 3.24. The molecule has 0 spiro atoms. The van der Waals surface area contributed by atoms with Gasteiger partial charge in [-0.05, 0) is 23.6 Å². The van der Waals surface area contributed by atoms with Crippen molar-refractivity contribution in [3.05, 3.63) is 35.0 Å². The molecule has 0 aliphatic heterocycles. The Morgan fingerprint density at radius 2 is 2.36 bits per heavy atom. The number of hydrogen-bond donors (Lipinski definition) is 2. The summed E-state index contributed by atoms with van der Waals surface area (Å²) in [7, 11) is 0. The van der Waals surface area contributed by atoms with Gasteiger partial charge in [-0.25, -0.2) is 0 Å². The van der Waals surface area contributed by atoms with E-state index in [9.17, 15) is 0 Å². The van der Waals surface area contributed by atoms with Crippen molar-refractivity contribution in [2.75, 3.05) is 0 Å². The molecule has 0 aliphatic rings. The highest BCUT2D eigenvalue weighted by molar-refractivity contribution is 7.83. The second-order valence-electron chi connectivity index (χ2n) is 2.03. The molecular weight excluding hydrogens is 158 g/mol. The molecule has 0 amide bonds. The van der Waals surface area contributed by atoms with E-state index in [1.165, 1.54) is 0 Å². The van der Waals surface area contributed by atoms with Crippen molar-refractivity contribution >= 4 is 18.7 Å². The van der Waals surface area contributed by atoms with Crippen molar-refractivity contribution in [2.45, 2.75) is 6.61 Å². The molecule has 1 rings (SSSR count). The minimum Gasteiger partial charge on any atom is -0.390 e. The highest BCUT2D eigenvalue weighted by atomic mass is 32.1. The number of aromatic nitrogens is 1. The number of pyridine rings is 1. The van der Waals surface area contributed by atoms with E-state index in [1.807, 2.05) is 12.1 Å². The fraction of sp³-hybridized carbons (Fsp3) is 0.125. The van der Waals surface area contributed by atoms with Crippen molar-refractivity contribution < 1.29 is 5.11 Å². The number of aliphatic hydroxyl groups excluding tert-OH is 1. The Labute approximate surface area is 71.0 Å². The van der Waals surface area contributed by atoms with Crippen molar-refractivity contribution in [1.29, 1.82) is 0 Å². The lowest BCUT2D eigenvalue weighted by molar-refractivity contribution is 0.277. The summed E-state index contributed by atoms with van der Waals surface area (Å²) in [5.41, 5.74) is 1.49. The van der Waals surface area contributed by atoms with Gasteiger partial charge in [-0.2, -0.15) is 12.6 Å². The third kappa shape index (κ3) is 2.37. The van der Waals surface area contributed by atoms with Crippen LogP contribution in [0.2, 0.25) is 0 Å². The number of nitrogens with zero attached hydrogens (tertiary/aromatic N) is 1. The van der Waals surface area contributed by atoms with Crippen LogP contribution in [0.1, 0.15) is 11.4 Å². The minimum absolute atomic E-state index is 0.0196. The molecule has 0 bridgehead atoms. The Morgan fingerprint density at radius 3 is 3.00 bits per heavy atom. The zero-order valence-electron chi connectivity index (χ0n) is 5.94. The fourth-order valence-corrected chi connectivity index (χ4v) is 0.908. The van der Waals surface area contributed by atoms with Crippen LogP contribution < -0.4 is 0 Å². The number of hydrogen-bond acceptors (Lipinski definition) is 3. The van der Waals surface area contributed by atoms with E-state index in [4.69, 9.17) is 5.11 Å². The molecule has 0 aromatic carbocycles. The lowest BCUT2D eigenvalue weighted by Gasteiger charge is -1.95. The second-order valence-corrected chi connectivity index (χ2v) is 2.33. The van der Waals surface area contributed by atoms with Crippen LogP contribution in [0.3, 0.4) is 0 Å². The third-order valence-electron chi connectivity index (χ3n) is 1.24. The van der Waals surface area contributed by atoms with Crippen LogP contribution in [0.15, 0.2) is 23.6 Å². The molecule has 1 heterocycles. The summed E-state index contributed by atoms with van der Waals surface area (Å²) in [5.74, 6) is 0. The Hall–Kier alpha value is -0.800. The Morgan fingerprint density at radius 1 is 1.55 bits per heavy atom. The first-order valence-corrected chi connectivity index (χ1v) is 3.76. The van der Waals surface area contributed by atoms with Crippen LogP contribution in [0.4, 0.5) is 0 Å². The summed E-state index contributed by atoms with van der Waals surface area (Å²) >= 11 is 3.91. The molecular formula is C8H9NOS. The number of aliphatic hydroxyl groups is 1. The molecule has 0 radical (unpaired) electrons. The van der Waals surface area contributed by atoms with Crippen LogP contribution >= 0.6 is 12.6 Å². The standard InChI is InChI=1S/C8H9NOS/c10-6-8-3-1-2-7(9-8)4-5-11/h1-5,10-11H,6H2/b5-4+. The van der Waals surface area contributed by atoms with E-state index in [0.717, 1.165) is 5.69 Å². The first-order chi connectivity index (χ1) is 5.36. The molecule has 58 valence electrons. The van der Waals surface area contributed by atoms with E-state index in [0.29, 0.717) is 5.69 Å². The van der Waals surface area contributed by atoms with E-state index in [-0.39, 0.29) is 6.61 Å². The molecule has 1 aromatic heterocycles. The predicted octanol–water partition coefficient (Wildman–Crippen LogP) is 1.47. The predicted molar refractivity (Wildman–Crippen MR) is 48.2 cm³/mol. The largest absolute Gasteiger partial charge is 0.390 e. The first kappa shape index (κ1) is 8.30. The molecule has 2 nitrogen and oxygen atoms in total. The van der Waals surface area contributed by atoms with E-state index >= 15 is 0 Å². The molecule has 11 heavy (non-hydrogen) atoms. The SMILES string of the molecule is OCc1cccc(/C=C/S)n1. The highest BCUT2D eigenvalue weighted by Gasteiger charge is 1.90. The highest BCUT2D eigenvalue weighted by Crippen LogP contribution is 2.01. The molecule has 0 saturated heterocycles. The van der Waals surface area contributed by atoms with Crippen molar-refractivity contribution in [3.63, 3.8) is 0 Å². The van der Waals surface area contributed by atoms with Gasteiger partial charge >= 0.3 is 0 Å². The zero-order valence-corrected chi connectivity index (χ0v) is 6.83. The van der Waals surface area contributed by atoms with Gasteiger partial charge < -0.3 is 5.11 Å². The van der Waals surface area contributed by atoms with Crippen LogP contribution in [-0.2, 0) is 6.61 Å². The average molecular weight is 167 g/mol. The summed E-state index contributed by atoms with van der Waals surface area (Å²) in [4.78, 5) is 4.10. The fourth-order valence-electron chi connectivity index (χ4n) is 0.755. The van der Waals surface area contributed by atoms with Crippen LogP contribution in [0, 0.1) is 0 Å². The smallest absolute Gasteiger partial charge is 0.0853 e. The summed E-state index contributed by atoms with van der Waals surface area (Å²) in [5, 5.41) is 10.3. The van der Waals surface area contributed by atoms with Crippen LogP contribution in [-0.4, -0.2) is 10.1 Å². The maximum Gasteiger partial charge on any atom is 0.0853 e. The zero-order chi connectivity index (χ0) is 8.10. The van der Waals surface area contributed by atoms with Gasteiger partial charge in [0.25, 0.3) is 0 Å². The van der Waals surface area contributed by atoms with Crippen molar-refractivity contribution in [3.8, 4) is 0 Å². The van der Waals surface area contributed by atoms with Gasteiger partial charge in [0.05, 0.1) is 18.0 Å². The molecule has 0 fully saturated rings. The Bertz CT molecular complexity index is 260. The molecule has 1 N–H and O–H groups in total. The van der Waals surface area contributed by atoms with Gasteiger partial charge in [0.2, 0.25) is 0 Å². The molecule has 0 aliphatic carbocycles. The average Bonchev–Trinajstić information content (AvgIpc) is 2.06. The lowest BCUT2D eigenvalue weighted by Crippen LogP contribution is -1.89. The van der Waals surface area contributed by atoms with E-state index < -0.39 is 0 Å². The summed E-state index contributed by atoms with van der Waals surface area (Å²) in [6.07, 6.45) is 1.77. The van der Waals surface area contributed by atoms with Gasteiger partial charge in [0.1, 0.15) is 0 Å². The molecule has 0 unspecified atom stereocenters. The van der Waals surface area contributed by atoms with Gasteiger partial charge in [-0.15, -0.1) is 0 Å². The number of thiol groups is 1. The topological polar surface area (TPSA) is 33.1 Å². The second kappa shape index (κ2) is 4.16. The summed E-state index contributed by atoms with van der Waals surface area (Å²) in [6, 6.07) is 5.48. The monoisotopic (exact) mass is 167 g/mol. The maximum atomic E-state index is 8.72. The lowest BCUT2D eigenvalue weighted by atomic mass is 10.3. The minimum atomic E-state index is -0.0196. The quantitative estimate of drug-likeness (QED) is 0.654. The number of rotatable bonds is 2. The Kier molecular flexibility index (Phi) is 3.14. The van der Waals surface area contributed by atoms with Crippen LogP contribution in [0.5, 0.6) is 0 Å². The molecule has 1 aromatic rings. The Balaban J connectivity index is 2.91. The summed E-state index contributed by atoms with van der Waals surface area (Å²) in [6.45, 7) is -0.0196. The van der Waals surface area contributed by atoms with Gasteiger partial charge in [-0.1, -0.05) is 6.07 Å². The third-order valence-corrected chi connectivity index (χ3v) is 1.38. The van der Waals surface area contributed by atoms with E-state index in [1.54, 1.807) is 17.6 Å². The summed E-state index contributed by atoms with van der Waals surface area (Å²) < 4.78 is 0. The van der Waals surface area contributed by atoms with Gasteiger partial charge in [0, 0.05) is 0 Å². The van der Waals surface area contributed by atoms with Crippen molar-refractivity contribution in [1.82, 2.24) is 4.98 Å². The molecule has 0 saturated carbocycles. The van der Waals surface area contributed by atoms with Gasteiger partial charge in [-0.3, -0.25) is 4.98 Å². The van der Waals surface area contributed by atoms with Crippen molar-refractivity contribution in [2.24, 2.45) is 0 Å². The van der Waals surface area contributed by atoms with Gasteiger partial charge in [0.15, 0.2) is 0 Å². The normalized spacial score (nSPS) is 10.7. The van der Waals surface area contributed by atoms with E-state index in [2.05, 4.69) is 17.6 Å². The molecule has 3 heteroatoms. The van der Waals surface area contributed by atoms with Crippen LogP contribution in [0.25, 0.3) is 6.08 Å².